The third kappa shape index (κ3) is 1.48. The van der Waals surface area contributed by atoms with E-state index in [0.717, 1.165) is 25.8 Å². The van der Waals surface area contributed by atoms with Gasteiger partial charge in [-0.3, -0.25) is 9.59 Å². The molecule has 0 radical (unpaired) electrons. The van der Waals surface area contributed by atoms with E-state index < -0.39 is 0 Å². The zero-order valence-corrected chi connectivity index (χ0v) is 10.4. The first-order valence-corrected chi connectivity index (χ1v) is 6.37. The quantitative estimate of drug-likeness (QED) is 0.619. The molecule has 0 spiro atoms. The van der Waals surface area contributed by atoms with Crippen LogP contribution in [0.1, 0.15) is 19.3 Å². The predicted molar refractivity (Wildman–Crippen MR) is 62.3 cm³/mol. The van der Waals surface area contributed by atoms with Crippen LogP contribution in [-0.4, -0.2) is 71.8 Å². The molecule has 0 unspecified atom stereocenters. The van der Waals surface area contributed by atoms with E-state index >= 15 is 0 Å². The van der Waals surface area contributed by atoms with Gasteiger partial charge in [0.25, 0.3) is 0 Å². The van der Waals surface area contributed by atoms with Crippen LogP contribution in [0.3, 0.4) is 0 Å². The average molecular weight is 237 g/mol. The van der Waals surface area contributed by atoms with Crippen molar-refractivity contribution < 1.29 is 9.59 Å². The predicted octanol–water partition coefficient (Wildman–Crippen LogP) is -0.478. The number of fused-ring (bicyclic) bond motifs is 2. The number of rotatable bonds is 1. The average Bonchev–Trinajstić information content (AvgIpc) is 2.92. The normalized spacial score (nSPS) is 36.8. The Morgan fingerprint density at radius 1 is 1.12 bits per heavy atom. The minimum absolute atomic E-state index is 0.153. The fourth-order valence-corrected chi connectivity index (χ4v) is 3.34. The topological polar surface area (TPSA) is 43.9 Å². The maximum atomic E-state index is 12.3. The number of nitrogens with zero attached hydrogens (tertiary/aromatic N) is 3. The molecule has 3 saturated heterocycles. The van der Waals surface area contributed by atoms with Crippen LogP contribution in [0.25, 0.3) is 0 Å². The summed E-state index contributed by atoms with van der Waals surface area (Å²) in [5.74, 6) is 0.355. The van der Waals surface area contributed by atoms with Crippen LogP contribution in [0, 0.1) is 0 Å². The van der Waals surface area contributed by atoms with Gasteiger partial charge in [-0.2, -0.15) is 0 Å². The number of carbonyl (C=O) groups excluding carboxylic acids is 2. The van der Waals surface area contributed by atoms with Crippen LogP contribution in [0.15, 0.2) is 0 Å². The molecule has 3 fully saturated rings. The lowest BCUT2D eigenvalue weighted by molar-refractivity contribution is -0.156. The SMILES string of the molecule is CN(C)[C@@H]1C[C@H]2C(=O)N3CCC[C@H]3C(=O)N2C1. The molecule has 0 aromatic rings. The number of carbonyl (C=O) groups is 2. The van der Waals surface area contributed by atoms with E-state index in [4.69, 9.17) is 0 Å². The Hall–Kier alpha value is -1.10. The van der Waals surface area contributed by atoms with Gasteiger partial charge >= 0.3 is 0 Å². The number of hydrogen-bond donors (Lipinski definition) is 0. The Balaban J connectivity index is 1.86. The van der Waals surface area contributed by atoms with Crippen molar-refractivity contribution in [1.82, 2.24) is 14.7 Å². The van der Waals surface area contributed by atoms with E-state index in [9.17, 15) is 9.59 Å². The molecule has 0 saturated carbocycles. The Morgan fingerprint density at radius 2 is 1.82 bits per heavy atom. The monoisotopic (exact) mass is 237 g/mol. The summed E-state index contributed by atoms with van der Waals surface area (Å²) in [5.41, 5.74) is 0. The maximum absolute atomic E-state index is 12.3. The van der Waals surface area contributed by atoms with Gasteiger partial charge in [0.2, 0.25) is 11.8 Å². The zero-order valence-electron chi connectivity index (χ0n) is 10.4. The van der Waals surface area contributed by atoms with Crippen LogP contribution >= 0.6 is 0 Å². The molecule has 2 amide bonds. The molecule has 3 aliphatic heterocycles. The number of amides is 2. The second-order valence-corrected chi connectivity index (χ2v) is 5.55. The second-order valence-electron chi connectivity index (χ2n) is 5.55. The lowest BCUT2D eigenvalue weighted by Crippen LogP contribution is -2.60. The molecule has 17 heavy (non-hydrogen) atoms. The Labute approximate surface area is 101 Å². The molecule has 3 rings (SSSR count). The smallest absolute Gasteiger partial charge is 0.246 e. The van der Waals surface area contributed by atoms with E-state index in [2.05, 4.69) is 4.90 Å². The number of piperazine rings is 1. The van der Waals surface area contributed by atoms with Gasteiger partial charge in [0, 0.05) is 19.1 Å². The first kappa shape index (κ1) is 11.0. The summed E-state index contributed by atoms with van der Waals surface area (Å²) < 4.78 is 0. The largest absolute Gasteiger partial charge is 0.329 e. The van der Waals surface area contributed by atoms with Crippen molar-refractivity contribution in [2.75, 3.05) is 27.2 Å². The fourth-order valence-electron chi connectivity index (χ4n) is 3.34. The molecular formula is C12H19N3O2. The summed E-state index contributed by atoms with van der Waals surface area (Å²) in [5, 5.41) is 0. The summed E-state index contributed by atoms with van der Waals surface area (Å²) >= 11 is 0. The van der Waals surface area contributed by atoms with Crippen molar-refractivity contribution in [2.24, 2.45) is 0 Å². The van der Waals surface area contributed by atoms with Gasteiger partial charge in [0.1, 0.15) is 12.1 Å². The molecule has 0 N–H and O–H groups in total. The minimum Gasteiger partial charge on any atom is -0.329 e. The molecule has 0 aromatic carbocycles. The summed E-state index contributed by atoms with van der Waals surface area (Å²) in [6.45, 7) is 1.48. The third-order valence-electron chi connectivity index (χ3n) is 4.40. The van der Waals surface area contributed by atoms with Gasteiger partial charge in [-0.25, -0.2) is 0 Å². The van der Waals surface area contributed by atoms with E-state index in [-0.39, 0.29) is 23.9 Å². The van der Waals surface area contributed by atoms with Crippen LogP contribution < -0.4 is 0 Å². The van der Waals surface area contributed by atoms with E-state index in [1.807, 2.05) is 23.9 Å². The number of hydrogen-bond acceptors (Lipinski definition) is 3. The van der Waals surface area contributed by atoms with Crippen LogP contribution in [0.2, 0.25) is 0 Å². The summed E-state index contributed by atoms with van der Waals surface area (Å²) in [6, 6.07) is -0.0168. The Morgan fingerprint density at radius 3 is 2.53 bits per heavy atom. The van der Waals surface area contributed by atoms with Gasteiger partial charge in [0.05, 0.1) is 0 Å². The number of likely N-dealkylation sites (N-methyl/N-ethyl adjacent to an activating group) is 1. The van der Waals surface area contributed by atoms with Gasteiger partial charge < -0.3 is 14.7 Å². The van der Waals surface area contributed by atoms with Gasteiger partial charge in [-0.1, -0.05) is 0 Å². The van der Waals surface area contributed by atoms with Gasteiger partial charge in [0.15, 0.2) is 0 Å². The fraction of sp³-hybridized carbons (Fsp3) is 0.833. The first-order valence-electron chi connectivity index (χ1n) is 6.37. The zero-order chi connectivity index (χ0) is 12.2. The van der Waals surface area contributed by atoms with Crippen molar-refractivity contribution in [1.29, 1.82) is 0 Å². The minimum atomic E-state index is -0.191. The summed E-state index contributed by atoms with van der Waals surface area (Å²) in [4.78, 5) is 30.4. The highest BCUT2D eigenvalue weighted by molar-refractivity contribution is 5.98. The molecule has 5 nitrogen and oxygen atoms in total. The first-order chi connectivity index (χ1) is 8.09. The third-order valence-corrected chi connectivity index (χ3v) is 4.40. The molecule has 0 aliphatic carbocycles. The summed E-state index contributed by atoms with van der Waals surface area (Å²) in [6.07, 6.45) is 2.61. The van der Waals surface area contributed by atoms with Crippen LogP contribution in [-0.2, 0) is 9.59 Å². The van der Waals surface area contributed by atoms with Gasteiger partial charge in [-0.15, -0.1) is 0 Å². The molecule has 94 valence electrons. The van der Waals surface area contributed by atoms with E-state index in [1.165, 1.54) is 0 Å². The highest BCUT2D eigenvalue weighted by atomic mass is 16.2. The summed E-state index contributed by atoms with van der Waals surface area (Å²) in [7, 11) is 4.03. The molecule has 0 aromatic heterocycles. The van der Waals surface area contributed by atoms with Crippen molar-refractivity contribution in [3.05, 3.63) is 0 Å². The Bertz CT molecular complexity index is 339. The highest BCUT2D eigenvalue weighted by Gasteiger charge is 2.51. The van der Waals surface area contributed by atoms with Gasteiger partial charge in [-0.05, 0) is 33.4 Å². The molecule has 3 atom stereocenters. The standard InChI is InChI=1S/C12H19N3O2/c1-13(2)8-6-10-12(17)14-5-3-4-9(14)11(16)15(10)7-8/h8-10H,3-7H2,1-2H3/t8-,9+,10+/m1/s1. The van der Waals surface area contributed by atoms with Crippen molar-refractivity contribution in [3.8, 4) is 0 Å². The molecule has 0 bridgehead atoms. The van der Waals surface area contributed by atoms with Crippen molar-refractivity contribution >= 4 is 11.8 Å². The lowest BCUT2D eigenvalue weighted by atomic mass is 10.1. The Kier molecular flexibility index (Phi) is 2.40. The molecule has 5 heteroatoms. The lowest BCUT2D eigenvalue weighted by Gasteiger charge is -2.38. The van der Waals surface area contributed by atoms with Crippen LogP contribution in [0.4, 0.5) is 0 Å². The van der Waals surface area contributed by atoms with Crippen molar-refractivity contribution in [2.45, 2.75) is 37.4 Å². The molecular weight excluding hydrogens is 218 g/mol. The van der Waals surface area contributed by atoms with E-state index in [0.29, 0.717) is 12.6 Å². The highest BCUT2D eigenvalue weighted by Crippen LogP contribution is 2.32. The van der Waals surface area contributed by atoms with Crippen LogP contribution in [0.5, 0.6) is 0 Å². The molecule has 3 heterocycles. The van der Waals surface area contributed by atoms with E-state index in [1.54, 1.807) is 0 Å². The maximum Gasteiger partial charge on any atom is 0.246 e. The second kappa shape index (κ2) is 3.70. The van der Waals surface area contributed by atoms with Crippen molar-refractivity contribution in [3.63, 3.8) is 0 Å². The molecule has 3 aliphatic rings.